The van der Waals surface area contributed by atoms with E-state index in [1.54, 1.807) is 0 Å². The van der Waals surface area contributed by atoms with Crippen LogP contribution in [0.15, 0.2) is 5.10 Å². The van der Waals surface area contributed by atoms with Gasteiger partial charge in [-0.1, -0.05) is 5.10 Å². The third kappa shape index (κ3) is 6.07. The maximum absolute atomic E-state index is 5.43. The van der Waals surface area contributed by atoms with Gasteiger partial charge in [0, 0.05) is 13.2 Å². The minimum absolute atomic E-state index is 0.303. The van der Waals surface area contributed by atoms with Gasteiger partial charge in [-0.2, -0.15) is 0 Å². The first-order valence-corrected chi connectivity index (χ1v) is 5.02. The Morgan fingerprint density at radius 2 is 1.57 bits per heavy atom. The highest BCUT2D eigenvalue weighted by molar-refractivity contribution is 5.84. The van der Waals surface area contributed by atoms with Gasteiger partial charge in [-0.05, 0) is 20.8 Å². The summed E-state index contributed by atoms with van der Waals surface area (Å²) < 4.78 is 11.4. The Morgan fingerprint density at radius 3 is 1.86 bits per heavy atom. The lowest BCUT2D eigenvalue weighted by molar-refractivity contribution is -0.877. The van der Waals surface area contributed by atoms with Crippen LogP contribution in [0.4, 0.5) is 0 Å². The van der Waals surface area contributed by atoms with Gasteiger partial charge in [0.25, 0.3) is 0 Å². The van der Waals surface area contributed by atoms with Crippen LogP contribution in [0.3, 0.4) is 0 Å². The third-order valence-electron chi connectivity index (χ3n) is 1.43. The van der Waals surface area contributed by atoms with E-state index in [0.29, 0.717) is 17.8 Å². The summed E-state index contributed by atoms with van der Waals surface area (Å²) in [7, 11) is 6.00. The van der Waals surface area contributed by atoms with Gasteiger partial charge >= 0.3 is 0 Å². The lowest BCUT2D eigenvalue weighted by atomic mass is 10.4. The summed E-state index contributed by atoms with van der Waals surface area (Å²) in [5, 5.41) is 4.45. The molecule has 0 atom stereocenters. The molecule has 14 heavy (non-hydrogen) atoms. The molecule has 0 heterocycles. The van der Waals surface area contributed by atoms with E-state index in [1.807, 2.05) is 41.9 Å². The van der Waals surface area contributed by atoms with E-state index in [-0.39, 0.29) is 6.29 Å². The number of ether oxygens (including phenoxy) is 2. The molecule has 4 nitrogen and oxygen atoms in total. The Labute approximate surface area is 87.1 Å². The van der Waals surface area contributed by atoms with Gasteiger partial charge in [0.2, 0.25) is 6.29 Å². The zero-order chi connectivity index (χ0) is 11.2. The molecule has 0 spiro atoms. The van der Waals surface area contributed by atoms with E-state index in [9.17, 15) is 0 Å². The highest BCUT2D eigenvalue weighted by Gasteiger charge is 2.16. The third-order valence-corrected chi connectivity index (χ3v) is 1.43. The fourth-order valence-corrected chi connectivity index (χ4v) is 1.11. The van der Waals surface area contributed by atoms with Crippen LogP contribution in [0.2, 0.25) is 0 Å². The first kappa shape index (κ1) is 13.5. The SMILES string of the molecule is CCOC(OCC)/C(C)=N/[N+](C)(C)C. The van der Waals surface area contributed by atoms with Crippen LogP contribution in [-0.2, 0) is 9.47 Å². The molecule has 4 heteroatoms. The van der Waals surface area contributed by atoms with Gasteiger partial charge in [0.05, 0.1) is 21.1 Å². The second kappa shape index (κ2) is 6.11. The summed E-state index contributed by atoms with van der Waals surface area (Å²) in [5.74, 6) is 0. The molecule has 0 fully saturated rings. The molecule has 0 amide bonds. The molecular weight excluding hydrogens is 180 g/mol. The van der Waals surface area contributed by atoms with Crippen LogP contribution in [0.5, 0.6) is 0 Å². The minimum Gasteiger partial charge on any atom is -0.347 e. The highest BCUT2D eigenvalue weighted by atomic mass is 16.7. The van der Waals surface area contributed by atoms with Crippen molar-refractivity contribution in [1.82, 2.24) is 0 Å². The maximum Gasteiger partial charge on any atom is 0.202 e. The second-order valence-electron chi connectivity index (χ2n) is 3.93. The molecule has 0 rings (SSSR count). The molecule has 0 unspecified atom stereocenters. The molecule has 0 aromatic carbocycles. The summed E-state index contributed by atoms with van der Waals surface area (Å²) in [6, 6.07) is 0. The van der Waals surface area contributed by atoms with Crippen LogP contribution in [0.25, 0.3) is 0 Å². The Bertz CT molecular complexity index is 179. The fraction of sp³-hybridized carbons (Fsp3) is 0.900. The maximum atomic E-state index is 5.43. The number of hydrogen-bond acceptors (Lipinski definition) is 3. The van der Waals surface area contributed by atoms with Crippen LogP contribution in [0.1, 0.15) is 20.8 Å². The molecule has 0 aromatic heterocycles. The van der Waals surface area contributed by atoms with Crippen molar-refractivity contribution in [3.8, 4) is 0 Å². The van der Waals surface area contributed by atoms with Gasteiger partial charge in [0.1, 0.15) is 5.71 Å². The molecule has 0 radical (unpaired) electrons. The van der Waals surface area contributed by atoms with Crippen molar-refractivity contribution in [1.29, 1.82) is 0 Å². The number of quaternary nitrogens is 1. The van der Waals surface area contributed by atoms with Crippen molar-refractivity contribution >= 4 is 5.71 Å². The van der Waals surface area contributed by atoms with E-state index < -0.39 is 0 Å². The van der Waals surface area contributed by atoms with Gasteiger partial charge in [0.15, 0.2) is 0 Å². The summed E-state index contributed by atoms with van der Waals surface area (Å²) >= 11 is 0. The highest BCUT2D eigenvalue weighted by Crippen LogP contribution is 2.02. The first-order chi connectivity index (χ1) is 6.40. The smallest absolute Gasteiger partial charge is 0.202 e. The van der Waals surface area contributed by atoms with Crippen molar-refractivity contribution in [3.05, 3.63) is 0 Å². The van der Waals surface area contributed by atoms with Crippen molar-refractivity contribution in [2.75, 3.05) is 34.4 Å². The van der Waals surface area contributed by atoms with Crippen LogP contribution < -0.4 is 0 Å². The molecule has 84 valence electrons. The molecule has 0 N–H and O–H groups in total. The van der Waals surface area contributed by atoms with E-state index in [2.05, 4.69) is 5.10 Å². The van der Waals surface area contributed by atoms with Gasteiger partial charge < -0.3 is 9.47 Å². The monoisotopic (exact) mass is 203 g/mol. The largest absolute Gasteiger partial charge is 0.347 e. The lowest BCUT2D eigenvalue weighted by Crippen LogP contribution is -2.34. The summed E-state index contributed by atoms with van der Waals surface area (Å²) in [6.07, 6.45) is -0.303. The van der Waals surface area contributed by atoms with Crippen molar-refractivity contribution < 1.29 is 14.1 Å². The standard InChI is InChI=1S/C10H23N2O2/c1-7-13-10(14-8-2)9(3)11-12(4,5)6/h10H,7-8H2,1-6H3/q+1/b11-9+. The number of rotatable bonds is 6. The van der Waals surface area contributed by atoms with Gasteiger partial charge in [-0.25, -0.2) is 4.59 Å². The van der Waals surface area contributed by atoms with Crippen LogP contribution in [-0.4, -0.2) is 51.0 Å². The molecule has 0 aliphatic heterocycles. The average Bonchev–Trinajstić information content (AvgIpc) is 2.01. The Balaban J connectivity index is 4.41. The molecule has 0 saturated heterocycles. The quantitative estimate of drug-likeness (QED) is 0.283. The minimum atomic E-state index is -0.303. The van der Waals surface area contributed by atoms with Gasteiger partial charge in [-0.15, -0.1) is 0 Å². The van der Waals surface area contributed by atoms with E-state index >= 15 is 0 Å². The summed E-state index contributed by atoms with van der Waals surface area (Å²) in [5.41, 5.74) is 0.876. The van der Waals surface area contributed by atoms with E-state index in [4.69, 9.17) is 9.47 Å². The normalized spacial score (nSPS) is 13.8. The summed E-state index contributed by atoms with van der Waals surface area (Å²) in [4.78, 5) is 0. The summed E-state index contributed by atoms with van der Waals surface area (Å²) in [6.45, 7) is 7.10. The molecule has 0 aliphatic carbocycles. The van der Waals surface area contributed by atoms with E-state index in [1.165, 1.54) is 0 Å². The number of hydrogen-bond donors (Lipinski definition) is 0. The Hall–Kier alpha value is -0.450. The zero-order valence-corrected chi connectivity index (χ0v) is 10.2. The lowest BCUT2D eigenvalue weighted by Gasteiger charge is -2.21. The van der Waals surface area contributed by atoms with Crippen molar-refractivity contribution in [2.24, 2.45) is 5.10 Å². The number of nitrogens with zero attached hydrogens (tertiary/aromatic N) is 2. The van der Waals surface area contributed by atoms with Gasteiger partial charge in [-0.3, -0.25) is 0 Å². The Morgan fingerprint density at radius 1 is 1.14 bits per heavy atom. The molecule has 0 saturated carbocycles. The molecule has 0 bridgehead atoms. The predicted molar refractivity (Wildman–Crippen MR) is 58.2 cm³/mol. The fourth-order valence-electron chi connectivity index (χ4n) is 1.11. The Kier molecular flexibility index (Phi) is 5.92. The topological polar surface area (TPSA) is 30.8 Å². The predicted octanol–water partition coefficient (Wildman–Crippen LogP) is 1.47. The zero-order valence-electron chi connectivity index (χ0n) is 10.2. The molecular formula is C10H23N2O2+. The first-order valence-electron chi connectivity index (χ1n) is 5.02. The molecule has 0 aliphatic rings. The van der Waals surface area contributed by atoms with Crippen LogP contribution in [0, 0.1) is 0 Å². The van der Waals surface area contributed by atoms with Crippen molar-refractivity contribution in [2.45, 2.75) is 27.1 Å². The van der Waals surface area contributed by atoms with Crippen LogP contribution >= 0.6 is 0 Å². The van der Waals surface area contributed by atoms with Crippen molar-refractivity contribution in [3.63, 3.8) is 0 Å². The molecule has 0 aromatic rings. The van der Waals surface area contributed by atoms with E-state index in [0.717, 1.165) is 5.71 Å². The average molecular weight is 203 g/mol. The second-order valence-corrected chi connectivity index (χ2v) is 3.93.